The summed E-state index contributed by atoms with van der Waals surface area (Å²) in [6.45, 7) is 4.26. The molecule has 0 aliphatic heterocycles. The Bertz CT molecular complexity index is 608. The quantitative estimate of drug-likeness (QED) is 0.842. The molecule has 8 heteroatoms. The van der Waals surface area contributed by atoms with E-state index in [1.54, 1.807) is 11.8 Å². The average molecular weight is 310 g/mol. The fourth-order valence-electron chi connectivity index (χ4n) is 2.08. The van der Waals surface area contributed by atoms with Gasteiger partial charge in [-0.3, -0.25) is 4.79 Å². The van der Waals surface area contributed by atoms with Gasteiger partial charge >= 0.3 is 5.97 Å². The predicted molar refractivity (Wildman–Crippen MR) is 78.3 cm³/mol. The lowest BCUT2D eigenvalue weighted by atomic mass is 9.97. The van der Waals surface area contributed by atoms with E-state index in [0.717, 1.165) is 10.6 Å². The number of carbonyl (C=O) groups is 1. The lowest BCUT2D eigenvalue weighted by Gasteiger charge is -2.14. The molecular formula is C13H18N4O3S. The molecule has 2 aromatic rings. The van der Waals surface area contributed by atoms with Gasteiger partial charge in [0.15, 0.2) is 5.82 Å². The number of methoxy groups -OCH3 is 1. The van der Waals surface area contributed by atoms with E-state index in [9.17, 15) is 9.90 Å². The summed E-state index contributed by atoms with van der Waals surface area (Å²) in [6, 6.07) is 1.84. The van der Waals surface area contributed by atoms with Gasteiger partial charge in [-0.2, -0.15) is 0 Å². The standard InChI is InChI=1S/C13H18N4O3S/c1-8(2)4-9(13(18)19)6-17-12(14-15-16-17)11-5-10(20-3)7-21-11/h5,7-9H,4,6H2,1-3H3,(H,18,19). The lowest BCUT2D eigenvalue weighted by Crippen LogP contribution is -2.23. The summed E-state index contributed by atoms with van der Waals surface area (Å²) in [7, 11) is 1.60. The number of rotatable bonds is 7. The van der Waals surface area contributed by atoms with Crippen molar-refractivity contribution in [2.24, 2.45) is 11.8 Å². The van der Waals surface area contributed by atoms with Crippen LogP contribution in [0.3, 0.4) is 0 Å². The molecule has 0 radical (unpaired) electrons. The fourth-order valence-corrected chi connectivity index (χ4v) is 2.92. The van der Waals surface area contributed by atoms with E-state index < -0.39 is 11.9 Å². The van der Waals surface area contributed by atoms with Gasteiger partial charge in [-0.15, -0.1) is 16.4 Å². The number of nitrogens with zero attached hydrogens (tertiary/aromatic N) is 4. The summed E-state index contributed by atoms with van der Waals surface area (Å²) >= 11 is 1.46. The van der Waals surface area contributed by atoms with Gasteiger partial charge in [-0.25, -0.2) is 4.68 Å². The van der Waals surface area contributed by atoms with E-state index in [1.165, 1.54) is 11.3 Å². The number of carboxylic acids is 1. The zero-order valence-corrected chi connectivity index (χ0v) is 13.0. The Kier molecular flexibility index (Phi) is 4.89. The number of tetrazole rings is 1. The number of thiophene rings is 1. The van der Waals surface area contributed by atoms with Gasteiger partial charge in [0, 0.05) is 11.4 Å². The molecule has 0 fully saturated rings. The normalized spacial score (nSPS) is 12.6. The summed E-state index contributed by atoms with van der Waals surface area (Å²) in [5, 5.41) is 22.7. The molecule has 1 atom stereocenters. The maximum Gasteiger partial charge on any atom is 0.308 e. The third kappa shape index (κ3) is 3.78. The highest BCUT2D eigenvalue weighted by Gasteiger charge is 2.22. The summed E-state index contributed by atoms with van der Waals surface area (Å²) in [5.74, 6) is 0.274. The van der Waals surface area contributed by atoms with Gasteiger partial charge in [0.05, 0.1) is 24.4 Å². The second-order valence-electron chi connectivity index (χ2n) is 5.20. The molecule has 0 amide bonds. The van der Waals surface area contributed by atoms with Crippen molar-refractivity contribution in [3.63, 3.8) is 0 Å². The number of aliphatic carboxylic acids is 1. The van der Waals surface area contributed by atoms with Crippen LogP contribution in [0.25, 0.3) is 10.7 Å². The molecule has 2 heterocycles. The summed E-state index contributed by atoms with van der Waals surface area (Å²) < 4.78 is 6.69. The van der Waals surface area contributed by atoms with Gasteiger partial charge < -0.3 is 9.84 Å². The summed E-state index contributed by atoms with van der Waals surface area (Å²) in [6.07, 6.45) is 0.586. The maximum absolute atomic E-state index is 11.4. The van der Waals surface area contributed by atoms with Gasteiger partial charge in [0.25, 0.3) is 0 Å². The van der Waals surface area contributed by atoms with E-state index in [4.69, 9.17) is 4.74 Å². The number of hydrogen-bond acceptors (Lipinski definition) is 6. The molecule has 0 aliphatic carbocycles. The molecule has 21 heavy (non-hydrogen) atoms. The monoisotopic (exact) mass is 310 g/mol. The van der Waals surface area contributed by atoms with Crippen LogP contribution >= 0.6 is 11.3 Å². The Labute approximate surface area is 126 Å². The largest absolute Gasteiger partial charge is 0.496 e. The molecule has 0 aromatic carbocycles. The highest BCUT2D eigenvalue weighted by molar-refractivity contribution is 7.13. The second-order valence-corrected chi connectivity index (χ2v) is 6.11. The first-order valence-corrected chi connectivity index (χ1v) is 7.51. The zero-order valence-electron chi connectivity index (χ0n) is 12.2. The summed E-state index contributed by atoms with van der Waals surface area (Å²) in [4.78, 5) is 12.2. The molecule has 1 unspecified atom stereocenters. The highest BCUT2D eigenvalue weighted by atomic mass is 32.1. The SMILES string of the molecule is COc1csc(-c2nnnn2CC(CC(C)C)C(=O)O)c1. The molecule has 0 saturated carbocycles. The van der Waals surface area contributed by atoms with Crippen LogP contribution in [0.2, 0.25) is 0 Å². The van der Waals surface area contributed by atoms with Crippen molar-refractivity contribution in [3.8, 4) is 16.5 Å². The lowest BCUT2D eigenvalue weighted by molar-refractivity contribution is -0.142. The first kappa shape index (κ1) is 15.4. The number of aromatic nitrogens is 4. The fraction of sp³-hybridized carbons (Fsp3) is 0.538. The van der Waals surface area contributed by atoms with Gasteiger partial charge in [-0.05, 0) is 22.8 Å². The number of hydrogen-bond donors (Lipinski definition) is 1. The number of ether oxygens (including phenoxy) is 1. The van der Waals surface area contributed by atoms with Crippen molar-refractivity contribution in [3.05, 3.63) is 11.4 Å². The van der Waals surface area contributed by atoms with Crippen molar-refractivity contribution in [2.45, 2.75) is 26.8 Å². The second kappa shape index (κ2) is 6.66. The predicted octanol–water partition coefficient (Wildman–Crippen LogP) is 2.16. The van der Waals surface area contributed by atoms with Crippen LogP contribution in [0.5, 0.6) is 5.75 Å². The molecule has 2 rings (SSSR count). The van der Waals surface area contributed by atoms with Crippen LogP contribution in [0.1, 0.15) is 20.3 Å². The topological polar surface area (TPSA) is 90.1 Å². The Hall–Kier alpha value is -1.96. The number of carboxylic acid groups (broad SMARTS) is 1. The molecule has 0 bridgehead atoms. The van der Waals surface area contributed by atoms with Crippen LogP contribution in [-0.2, 0) is 11.3 Å². The first-order valence-electron chi connectivity index (χ1n) is 6.63. The maximum atomic E-state index is 11.4. The highest BCUT2D eigenvalue weighted by Crippen LogP contribution is 2.29. The molecule has 7 nitrogen and oxygen atoms in total. The van der Waals surface area contributed by atoms with Crippen molar-refractivity contribution >= 4 is 17.3 Å². The van der Waals surface area contributed by atoms with Crippen LogP contribution in [0.15, 0.2) is 11.4 Å². The van der Waals surface area contributed by atoms with E-state index >= 15 is 0 Å². The molecule has 0 saturated heterocycles. The van der Waals surface area contributed by atoms with E-state index in [1.807, 2.05) is 25.3 Å². The Morgan fingerprint density at radius 1 is 1.52 bits per heavy atom. The smallest absolute Gasteiger partial charge is 0.308 e. The van der Waals surface area contributed by atoms with Crippen LogP contribution in [0, 0.1) is 11.8 Å². The minimum absolute atomic E-state index is 0.260. The van der Waals surface area contributed by atoms with Crippen molar-refractivity contribution in [1.82, 2.24) is 20.2 Å². The average Bonchev–Trinajstić information content (AvgIpc) is 3.04. The van der Waals surface area contributed by atoms with Crippen molar-refractivity contribution < 1.29 is 14.6 Å². The van der Waals surface area contributed by atoms with Gasteiger partial charge in [0.2, 0.25) is 0 Å². The van der Waals surface area contributed by atoms with Crippen LogP contribution in [-0.4, -0.2) is 38.4 Å². The van der Waals surface area contributed by atoms with Gasteiger partial charge in [-0.1, -0.05) is 13.8 Å². The van der Waals surface area contributed by atoms with E-state index in [2.05, 4.69) is 15.5 Å². The third-order valence-electron chi connectivity index (χ3n) is 3.06. The Morgan fingerprint density at radius 2 is 2.29 bits per heavy atom. The Morgan fingerprint density at radius 3 is 2.86 bits per heavy atom. The minimum atomic E-state index is -0.825. The molecule has 2 aromatic heterocycles. The molecule has 0 spiro atoms. The zero-order chi connectivity index (χ0) is 15.4. The minimum Gasteiger partial charge on any atom is -0.496 e. The third-order valence-corrected chi connectivity index (χ3v) is 3.97. The van der Waals surface area contributed by atoms with E-state index in [-0.39, 0.29) is 6.54 Å². The molecular weight excluding hydrogens is 292 g/mol. The molecule has 1 N–H and O–H groups in total. The summed E-state index contributed by atoms with van der Waals surface area (Å²) in [5.41, 5.74) is 0. The van der Waals surface area contributed by atoms with Gasteiger partial charge in [0.1, 0.15) is 5.75 Å². The molecule has 0 aliphatic rings. The molecule has 114 valence electrons. The van der Waals surface area contributed by atoms with Crippen LogP contribution < -0.4 is 4.74 Å². The van der Waals surface area contributed by atoms with Crippen LogP contribution in [0.4, 0.5) is 0 Å². The van der Waals surface area contributed by atoms with Crippen molar-refractivity contribution in [2.75, 3.05) is 7.11 Å². The Balaban J connectivity index is 2.21. The first-order chi connectivity index (χ1) is 10.0. The van der Waals surface area contributed by atoms with Crippen molar-refractivity contribution in [1.29, 1.82) is 0 Å². The van der Waals surface area contributed by atoms with E-state index in [0.29, 0.717) is 18.2 Å².